The van der Waals surface area contributed by atoms with Crippen molar-refractivity contribution >= 4 is 58.1 Å². The third-order valence-electron chi connectivity index (χ3n) is 4.27. The number of thiophene rings is 1. The summed E-state index contributed by atoms with van der Waals surface area (Å²) in [5, 5.41) is 17.3. The minimum Gasteiger partial charge on any atom is -0.368 e. The number of fused-ring (bicyclic) bond motifs is 1. The van der Waals surface area contributed by atoms with E-state index in [2.05, 4.69) is 62.4 Å². The monoisotopic (exact) mass is 528 g/mol. The smallest absolute Gasteiger partial charge is 0.191 e. The van der Waals surface area contributed by atoms with E-state index < -0.39 is 0 Å². The first-order chi connectivity index (χ1) is 13.7. The topological polar surface area (TPSA) is 92.1 Å². The summed E-state index contributed by atoms with van der Waals surface area (Å²) in [6, 6.07) is 4.29. The number of guanidine groups is 1. The first-order valence-electron chi connectivity index (χ1n) is 9.58. The standard InChI is InChI=1S/C19H28N8S.HI/c1-4-20-19(23-11-14(2)10-15-6-5-9-28-15)22-8-7-21-17-16-12-26-27(3)18(16)25-13-24-17;/h5-6,9,12-14H,4,7-8,10-11H2,1-3H3,(H2,20,22,23)(H,21,24,25);1H. The third-order valence-corrected chi connectivity index (χ3v) is 5.17. The van der Waals surface area contributed by atoms with Gasteiger partial charge in [0.05, 0.1) is 11.6 Å². The summed E-state index contributed by atoms with van der Waals surface area (Å²) in [4.78, 5) is 14.7. The highest BCUT2D eigenvalue weighted by atomic mass is 127. The molecule has 0 saturated heterocycles. The first-order valence-corrected chi connectivity index (χ1v) is 10.5. The Morgan fingerprint density at radius 1 is 1.28 bits per heavy atom. The Bertz CT molecular complexity index is 893. The molecule has 0 bridgehead atoms. The van der Waals surface area contributed by atoms with E-state index in [0.29, 0.717) is 5.92 Å². The van der Waals surface area contributed by atoms with Gasteiger partial charge >= 0.3 is 0 Å². The van der Waals surface area contributed by atoms with E-state index in [1.54, 1.807) is 17.2 Å². The summed E-state index contributed by atoms with van der Waals surface area (Å²) in [6.07, 6.45) is 4.41. The molecule has 0 amide bonds. The van der Waals surface area contributed by atoms with Gasteiger partial charge in [-0.15, -0.1) is 35.3 Å². The molecule has 0 saturated carbocycles. The molecular formula is C19H29IN8S. The van der Waals surface area contributed by atoms with Gasteiger partial charge in [0.1, 0.15) is 12.1 Å². The van der Waals surface area contributed by atoms with Crippen LogP contribution in [0.15, 0.2) is 35.0 Å². The Hall–Kier alpha value is -1.95. The van der Waals surface area contributed by atoms with Gasteiger partial charge in [0.25, 0.3) is 0 Å². The SMILES string of the molecule is CCNC(=NCC(C)Cc1cccs1)NCCNc1ncnc2c1cnn2C.I. The molecule has 1 unspecified atom stereocenters. The van der Waals surface area contributed by atoms with Crippen molar-refractivity contribution < 1.29 is 0 Å². The van der Waals surface area contributed by atoms with Crippen molar-refractivity contribution in [2.45, 2.75) is 20.3 Å². The van der Waals surface area contributed by atoms with Crippen molar-refractivity contribution in [3.05, 3.63) is 34.9 Å². The van der Waals surface area contributed by atoms with Gasteiger partial charge in [0.15, 0.2) is 11.6 Å². The molecule has 0 radical (unpaired) electrons. The predicted octanol–water partition coefficient (Wildman–Crippen LogP) is 2.89. The molecule has 29 heavy (non-hydrogen) atoms. The second-order valence-electron chi connectivity index (χ2n) is 6.69. The molecule has 0 spiro atoms. The van der Waals surface area contributed by atoms with Gasteiger partial charge in [-0.2, -0.15) is 5.10 Å². The molecule has 3 N–H and O–H groups in total. The molecule has 3 aromatic rings. The summed E-state index contributed by atoms with van der Waals surface area (Å²) >= 11 is 1.81. The molecular weight excluding hydrogens is 499 g/mol. The molecule has 3 heterocycles. The number of rotatable bonds is 9. The summed E-state index contributed by atoms with van der Waals surface area (Å²) < 4.78 is 1.74. The van der Waals surface area contributed by atoms with Crippen LogP contribution < -0.4 is 16.0 Å². The van der Waals surface area contributed by atoms with Crippen molar-refractivity contribution in [2.75, 3.05) is 31.5 Å². The molecule has 10 heteroatoms. The highest BCUT2D eigenvalue weighted by molar-refractivity contribution is 14.0. The summed E-state index contributed by atoms with van der Waals surface area (Å²) in [6.45, 7) is 7.39. The number of nitrogens with one attached hydrogen (secondary N) is 3. The van der Waals surface area contributed by atoms with Crippen LogP contribution in [0.5, 0.6) is 0 Å². The molecule has 158 valence electrons. The molecule has 0 aliphatic rings. The maximum atomic E-state index is 4.72. The quantitative estimate of drug-likeness (QED) is 0.171. The van der Waals surface area contributed by atoms with Crippen LogP contribution in [0, 0.1) is 5.92 Å². The van der Waals surface area contributed by atoms with E-state index in [4.69, 9.17) is 4.99 Å². The maximum Gasteiger partial charge on any atom is 0.191 e. The summed E-state index contributed by atoms with van der Waals surface area (Å²) in [5.74, 6) is 2.15. The van der Waals surface area contributed by atoms with Gasteiger partial charge in [0.2, 0.25) is 0 Å². The number of aromatic nitrogens is 4. The van der Waals surface area contributed by atoms with Gasteiger partial charge in [-0.05, 0) is 30.7 Å². The first kappa shape index (κ1) is 23.3. The van der Waals surface area contributed by atoms with E-state index in [9.17, 15) is 0 Å². The fourth-order valence-electron chi connectivity index (χ4n) is 2.89. The minimum atomic E-state index is 0. The van der Waals surface area contributed by atoms with Crippen LogP contribution in [-0.2, 0) is 13.5 Å². The molecule has 0 aliphatic carbocycles. The Balaban J connectivity index is 0.00000300. The van der Waals surface area contributed by atoms with Crippen LogP contribution in [-0.4, -0.2) is 51.9 Å². The second-order valence-corrected chi connectivity index (χ2v) is 7.72. The molecule has 0 aliphatic heterocycles. The number of hydrogen-bond donors (Lipinski definition) is 3. The zero-order chi connectivity index (χ0) is 19.8. The minimum absolute atomic E-state index is 0. The Kier molecular flexibility index (Phi) is 9.58. The van der Waals surface area contributed by atoms with Gasteiger partial charge in [-0.1, -0.05) is 13.0 Å². The van der Waals surface area contributed by atoms with Crippen molar-refractivity contribution in [2.24, 2.45) is 18.0 Å². The summed E-state index contributed by atoms with van der Waals surface area (Å²) in [5.41, 5.74) is 0.820. The molecule has 0 aromatic carbocycles. The van der Waals surface area contributed by atoms with Crippen LogP contribution in [0.3, 0.4) is 0 Å². The van der Waals surface area contributed by atoms with Crippen molar-refractivity contribution in [1.29, 1.82) is 0 Å². The highest BCUT2D eigenvalue weighted by Gasteiger charge is 2.08. The Morgan fingerprint density at radius 3 is 2.90 bits per heavy atom. The largest absolute Gasteiger partial charge is 0.368 e. The Labute approximate surface area is 192 Å². The molecule has 1 atom stereocenters. The van der Waals surface area contributed by atoms with Crippen LogP contribution >= 0.6 is 35.3 Å². The third kappa shape index (κ3) is 6.81. The van der Waals surface area contributed by atoms with Crippen LogP contribution in [0.1, 0.15) is 18.7 Å². The lowest BCUT2D eigenvalue weighted by atomic mass is 10.1. The van der Waals surface area contributed by atoms with E-state index in [0.717, 1.165) is 55.4 Å². The zero-order valence-corrected chi connectivity index (χ0v) is 20.2. The lowest BCUT2D eigenvalue weighted by Crippen LogP contribution is -2.40. The van der Waals surface area contributed by atoms with Crippen LogP contribution in [0.4, 0.5) is 5.82 Å². The molecule has 3 aromatic heterocycles. The highest BCUT2D eigenvalue weighted by Crippen LogP contribution is 2.17. The number of hydrogen-bond acceptors (Lipinski definition) is 6. The second kappa shape index (κ2) is 11.9. The normalized spacial score (nSPS) is 12.4. The maximum absolute atomic E-state index is 4.72. The van der Waals surface area contributed by atoms with E-state index in [1.807, 2.05) is 18.4 Å². The Morgan fingerprint density at radius 2 is 2.14 bits per heavy atom. The molecule has 0 fully saturated rings. The van der Waals surface area contributed by atoms with E-state index in [-0.39, 0.29) is 24.0 Å². The average molecular weight is 528 g/mol. The van der Waals surface area contributed by atoms with Crippen LogP contribution in [0.25, 0.3) is 11.0 Å². The average Bonchev–Trinajstić information content (AvgIpc) is 3.33. The van der Waals surface area contributed by atoms with Gasteiger partial charge in [-0.3, -0.25) is 9.67 Å². The molecule has 8 nitrogen and oxygen atoms in total. The van der Waals surface area contributed by atoms with Crippen molar-refractivity contribution in [3.8, 4) is 0 Å². The fourth-order valence-corrected chi connectivity index (χ4v) is 3.76. The van der Waals surface area contributed by atoms with E-state index >= 15 is 0 Å². The zero-order valence-electron chi connectivity index (χ0n) is 17.1. The molecule has 3 rings (SSSR count). The number of nitrogens with zero attached hydrogens (tertiary/aromatic N) is 5. The van der Waals surface area contributed by atoms with Gasteiger partial charge in [-0.25, -0.2) is 9.97 Å². The van der Waals surface area contributed by atoms with Gasteiger partial charge in [0, 0.05) is 38.1 Å². The van der Waals surface area contributed by atoms with Crippen LogP contribution in [0.2, 0.25) is 0 Å². The lowest BCUT2D eigenvalue weighted by molar-refractivity contribution is 0.595. The predicted molar refractivity (Wildman–Crippen MR) is 131 cm³/mol. The summed E-state index contributed by atoms with van der Waals surface area (Å²) in [7, 11) is 1.87. The van der Waals surface area contributed by atoms with Gasteiger partial charge < -0.3 is 16.0 Å². The van der Waals surface area contributed by atoms with Crippen molar-refractivity contribution in [1.82, 2.24) is 30.4 Å². The number of halogens is 1. The fraction of sp³-hybridized carbons (Fsp3) is 0.474. The van der Waals surface area contributed by atoms with Crippen molar-refractivity contribution in [3.63, 3.8) is 0 Å². The lowest BCUT2D eigenvalue weighted by Gasteiger charge is -2.14. The number of aliphatic imine (C=N–C) groups is 1. The number of anilines is 1. The van der Waals surface area contributed by atoms with E-state index in [1.165, 1.54) is 4.88 Å². The number of aryl methyl sites for hydroxylation is 1.